The van der Waals surface area contributed by atoms with Crippen molar-refractivity contribution < 1.29 is 0 Å². The summed E-state index contributed by atoms with van der Waals surface area (Å²) < 4.78 is 8.00. The molecule has 0 aliphatic carbocycles. The van der Waals surface area contributed by atoms with Gasteiger partial charge in [0.15, 0.2) is 0 Å². The zero-order chi connectivity index (χ0) is 8.81. The van der Waals surface area contributed by atoms with E-state index >= 15 is 0 Å². The van der Waals surface area contributed by atoms with Crippen LogP contribution in [0.3, 0.4) is 0 Å². The van der Waals surface area contributed by atoms with E-state index in [9.17, 15) is 0 Å². The second kappa shape index (κ2) is 5.18. The molecule has 0 aromatic carbocycles. The Morgan fingerprint density at radius 1 is 1.75 bits per heavy atom. The first-order chi connectivity index (χ1) is 5.83. The number of hydrogen-bond donors (Lipinski definition) is 2. The van der Waals surface area contributed by atoms with Crippen LogP contribution in [0.25, 0.3) is 0 Å². The summed E-state index contributed by atoms with van der Waals surface area (Å²) in [6.45, 7) is 3.63. The van der Waals surface area contributed by atoms with Gasteiger partial charge in [0.25, 0.3) is 0 Å². The Kier molecular flexibility index (Phi) is 4.13. The largest absolute Gasteiger partial charge is 0.330 e. The van der Waals surface area contributed by atoms with Gasteiger partial charge in [-0.1, -0.05) is 0 Å². The van der Waals surface area contributed by atoms with E-state index in [0.717, 1.165) is 25.2 Å². The molecule has 0 aliphatic rings. The van der Waals surface area contributed by atoms with Crippen molar-refractivity contribution in [2.75, 3.05) is 6.54 Å². The first-order valence-corrected chi connectivity index (χ1v) is 4.76. The van der Waals surface area contributed by atoms with Gasteiger partial charge in [-0.3, -0.25) is 0 Å². The van der Waals surface area contributed by atoms with E-state index in [1.54, 1.807) is 6.20 Å². The fraction of sp³-hybridized carbons (Fsp3) is 0.714. The molecule has 0 bridgehead atoms. The molecule has 4 nitrogen and oxygen atoms in total. The fourth-order valence-corrected chi connectivity index (χ4v) is 1.33. The van der Waals surface area contributed by atoms with Crippen molar-refractivity contribution >= 4 is 11.7 Å². The van der Waals surface area contributed by atoms with Crippen molar-refractivity contribution in [3.63, 3.8) is 0 Å². The summed E-state index contributed by atoms with van der Waals surface area (Å²) in [6.07, 6.45) is 2.78. The number of nitrogens with two attached hydrogens (primary N) is 1. The molecule has 1 aromatic rings. The molecule has 1 unspecified atom stereocenters. The minimum Gasteiger partial charge on any atom is -0.330 e. The van der Waals surface area contributed by atoms with E-state index in [0.29, 0.717) is 6.04 Å². The molecule has 1 atom stereocenters. The SMILES string of the molecule is CC(CCN)NCc1cnsn1. The minimum absolute atomic E-state index is 0.455. The Morgan fingerprint density at radius 2 is 2.58 bits per heavy atom. The van der Waals surface area contributed by atoms with Crippen molar-refractivity contribution in [3.05, 3.63) is 11.9 Å². The van der Waals surface area contributed by atoms with Crippen LogP contribution in [0.5, 0.6) is 0 Å². The van der Waals surface area contributed by atoms with E-state index in [4.69, 9.17) is 5.73 Å². The lowest BCUT2D eigenvalue weighted by Crippen LogP contribution is -2.27. The van der Waals surface area contributed by atoms with Crippen molar-refractivity contribution in [3.8, 4) is 0 Å². The highest BCUT2D eigenvalue weighted by atomic mass is 32.1. The first-order valence-electron chi connectivity index (χ1n) is 4.03. The first kappa shape index (κ1) is 9.57. The third-order valence-corrected chi connectivity index (χ3v) is 2.15. The molecule has 0 amide bonds. The highest BCUT2D eigenvalue weighted by Gasteiger charge is 2.00. The molecule has 0 spiro atoms. The maximum atomic E-state index is 5.41. The van der Waals surface area contributed by atoms with Crippen LogP contribution in [-0.4, -0.2) is 21.3 Å². The van der Waals surface area contributed by atoms with Crippen molar-refractivity contribution in [1.29, 1.82) is 0 Å². The van der Waals surface area contributed by atoms with Gasteiger partial charge in [0.1, 0.15) is 0 Å². The van der Waals surface area contributed by atoms with Crippen molar-refractivity contribution in [1.82, 2.24) is 14.1 Å². The molecule has 1 heterocycles. The summed E-state index contributed by atoms with van der Waals surface area (Å²) >= 11 is 1.24. The maximum absolute atomic E-state index is 5.41. The van der Waals surface area contributed by atoms with Gasteiger partial charge in [-0.2, -0.15) is 8.75 Å². The lowest BCUT2D eigenvalue weighted by Gasteiger charge is -2.10. The monoisotopic (exact) mass is 186 g/mol. The lowest BCUT2D eigenvalue weighted by molar-refractivity contribution is 0.516. The predicted octanol–water partition coefficient (Wildman–Crippen LogP) is 0.365. The van der Waals surface area contributed by atoms with Crippen LogP contribution in [0, 0.1) is 0 Å². The quantitative estimate of drug-likeness (QED) is 0.697. The number of rotatable bonds is 5. The average Bonchev–Trinajstić information content (AvgIpc) is 2.53. The van der Waals surface area contributed by atoms with Crippen LogP contribution >= 0.6 is 11.7 Å². The van der Waals surface area contributed by atoms with Gasteiger partial charge in [0.05, 0.1) is 23.6 Å². The molecule has 5 heteroatoms. The van der Waals surface area contributed by atoms with E-state index in [2.05, 4.69) is 21.0 Å². The molecule has 12 heavy (non-hydrogen) atoms. The molecule has 1 aromatic heterocycles. The van der Waals surface area contributed by atoms with Gasteiger partial charge >= 0.3 is 0 Å². The summed E-state index contributed by atoms with van der Waals surface area (Å²) in [5.41, 5.74) is 6.42. The van der Waals surface area contributed by atoms with E-state index in [-0.39, 0.29) is 0 Å². The molecule has 0 aliphatic heterocycles. The van der Waals surface area contributed by atoms with Crippen LogP contribution in [0.1, 0.15) is 19.0 Å². The van der Waals surface area contributed by atoms with E-state index in [1.807, 2.05) is 0 Å². The third-order valence-electron chi connectivity index (χ3n) is 1.64. The van der Waals surface area contributed by atoms with Crippen LogP contribution in [0.4, 0.5) is 0 Å². The highest BCUT2D eigenvalue weighted by molar-refractivity contribution is 6.99. The highest BCUT2D eigenvalue weighted by Crippen LogP contribution is 1.96. The summed E-state index contributed by atoms with van der Waals surface area (Å²) in [6, 6.07) is 0.455. The standard InChI is InChI=1S/C7H14N4S/c1-6(2-3-8)9-4-7-5-10-12-11-7/h5-6,9H,2-4,8H2,1H3. The van der Waals surface area contributed by atoms with Crippen LogP contribution in [0.2, 0.25) is 0 Å². The summed E-state index contributed by atoms with van der Waals surface area (Å²) in [4.78, 5) is 0. The van der Waals surface area contributed by atoms with Gasteiger partial charge < -0.3 is 11.1 Å². The van der Waals surface area contributed by atoms with E-state index in [1.165, 1.54) is 11.7 Å². The Bertz CT molecular complexity index is 199. The third kappa shape index (κ3) is 3.25. The number of aromatic nitrogens is 2. The number of nitrogens with zero attached hydrogens (tertiary/aromatic N) is 2. The summed E-state index contributed by atoms with van der Waals surface area (Å²) in [5, 5.41) is 3.31. The molecule has 3 N–H and O–H groups in total. The van der Waals surface area contributed by atoms with Crippen molar-refractivity contribution in [2.24, 2.45) is 5.73 Å². The maximum Gasteiger partial charge on any atom is 0.0880 e. The van der Waals surface area contributed by atoms with Crippen LogP contribution in [0.15, 0.2) is 6.20 Å². The topological polar surface area (TPSA) is 63.8 Å². The molecule has 68 valence electrons. The molecular weight excluding hydrogens is 172 g/mol. The van der Waals surface area contributed by atoms with E-state index < -0.39 is 0 Å². The smallest absolute Gasteiger partial charge is 0.0880 e. The van der Waals surface area contributed by atoms with Gasteiger partial charge in [-0.05, 0) is 19.9 Å². The van der Waals surface area contributed by atoms with Gasteiger partial charge in [0.2, 0.25) is 0 Å². The molecular formula is C7H14N4S. The molecule has 0 fully saturated rings. The second-order valence-corrected chi connectivity index (χ2v) is 3.31. The molecule has 1 rings (SSSR count). The molecule has 0 saturated heterocycles. The second-order valence-electron chi connectivity index (χ2n) is 2.76. The molecule has 0 radical (unpaired) electrons. The normalized spacial score (nSPS) is 13.2. The Morgan fingerprint density at radius 3 is 3.17 bits per heavy atom. The average molecular weight is 186 g/mol. The van der Waals surface area contributed by atoms with Gasteiger partial charge in [0, 0.05) is 12.6 Å². The zero-order valence-electron chi connectivity index (χ0n) is 7.16. The van der Waals surface area contributed by atoms with Gasteiger partial charge in [-0.15, -0.1) is 0 Å². The Hall–Kier alpha value is -0.520. The molecule has 0 saturated carbocycles. The number of nitrogens with one attached hydrogen (secondary N) is 1. The zero-order valence-corrected chi connectivity index (χ0v) is 7.97. The summed E-state index contributed by atoms with van der Waals surface area (Å²) in [7, 11) is 0. The Balaban J connectivity index is 2.17. The number of hydrogen-bond acceptors (Lipinski definition) is 5. The van der Waals surface area contributed by atoms with Gasteiger partial charge in [-0.25, -0.2) is 0 Å². The Labute approximate surface area is 76.5 Å². The predicted molar refractivity (Wildman–Crippen MR) is 49.9 cm³/mol. The van der Waals surface area contributed by atoms with Crippen LogP contribution < -0.4 is 11.1 Å². The fourth-order valence-electron chi connectivity index (χ4n) is 0.893. The lowest BCUT2D eigenvalue weighted by atomic mass is 10.2. The van der Waals surface area contributed by atoms with Crippen molar-refractivity contribution in [2.45, 2.75) is 25.9 Å². The van der Waals surface area contributed by atoms with Crippen LogP contribution in [-0.2, 0) is 6.54 Å². The summed E-state index contributed by atoms with van der Waals surface area (Å²) in [5.74, 6) is 0. The minimum atomic E-state index is 0.455.